The zero-order valence-corrected chi connectivity index (χ0v) is 17.7. The Morgan fingerprint density at radius 1 is 1.04 bits per heavy atom. The maximum atomic E-state index is 12.4. The monoisotopic (exact) mass is 463 g/mol. The number of benzene rings is 2. The van der Waals surface area contributed by atoms with E-state index >= 15 is 0 Å². The van der Waals surface area contributed by atoms with Crippen LogP contribution in [0.4, 0.5) is 11.4 Å². The first-order valence-corrected chi connectivity index (χ1v) is 10.9. The van der Waals surface area contributed by atoms with Crippen molar-refractivity contribution in [2.45, 2.75) is 0 Å². The van der Waals surface area contributed by atoms with Gasteiger partial charge in [-0.1, -0.05) is 34.1 Å². The molecule has 28 heavy (non-hydrogen) atoms. The molecule has 6 nitrogen and oxygen atoms in total. The van der Waals surface area contributed by atoms with Gasteiger partial charge in [0, 0.05) is 36.3 Å². The number of hydrogen-bond donors (Lipinski definition) is 2. The molecule has 1 fully saturated rings. The number of phenolic OH excluding ortho intramolecular Hbond substituents is 1. The fraction of sp³-hybridized carbons (Fsp3) is 0.300. The Kier molecular flexibility index (Phi) is 7.22. The van der Waals surface area contributed by atoms with Gasteiger partial charge < -0.3 is 20.2 Å². The van der Waals surface area contributed by atoms with Crippen molar-refractivity contribution in [3.8, 4) is 5.75 Å². The molecule has 2 aromatic carbocycles. The quantitative estimate of drug-likeness (QED) is 0.687. The van der Waals surface area contributed by atoms with Crippen LogP contribution in [0.1, 0.15) is 0 Å². The lowest BCUT2D eigenvalue weighted by atomic mass is 10.2. The fourth-order valence-electron chi connectivity index (χ4n) is 3.01. The summed E-state index contributed by atoms with van der Waals surface area (Å²) >= 11 is 4.68. The molecule has 1 heterocycles. The smallest absolute Gasteiger partial charge is 0.234 e. The number of para-hydroxylation sites is 2. The molecule has 1 saturated heterocycles. The Hall–Kier alpha value is -2.19. The lowest BCUT2D eigenvalue weighted by Gasteiger charge is -2.36. The van der Waals surface area contributed by atoms with Gasteiger partial charge in [0.2, 0.25) is 11.8 Å². The van der Waals surface area contributed by atoms with E-state index in [2.05, 4.69) is 26.1 Å². The van der Waals surface area contributed by atoms with E-state index in [-0.39, 0.29) is 29.1 Å². The third-order valence-electron chi connectivity index (χ3n) is 4.42. The highest BCUT2D eigenvalue weighted by Crippen LogP contribution is 2.27. The van der Waals surface area contributed by atoms with Crippen molar-refractivity contribution in [2.75, 3.05) is 47.9 Å². The molecule has 2 N–H and O–H groups in total. The number of piperazine rings is 1. The molecule has 0 radical (unpaired) electrons. The van der Waals surface area contributed by atoms with Crippen LogP contribution in [0.25, 0.3) is 0 Å². The van der Waals surface area contributed by atoms with Gasteiger partial charge in [0.05, 0.1) is 17.2 Å². The molecule has 0 bridgehead atoms. The second kappa shape index (κ2) is 9.84. The minimum absolute atomic E-state index is 0.0391. The van der Waals surface area contributed by atoms with Crippen molar-refractivity contribution < 1.29 is 14.7 Å². The molecule has 0 aromatic heterocycles. The van der Waals surface area contributed by atoms with Crippen molar-refractivity contribution >= 4 is 50.9 Å². The summed E-state index contributed by atoms with van der Waals surface area (Å²) in [7, 11) is 0. The number of thioether (sulfide) groups is 1. The molecular formula is C20H22BrN3O3S. The predicted octanol–water partition coefficient (Wildman–Crippen LogP) is 3.18. The summed E-state index contributed by atoms with van der Waals surface area (Å²) in [6.07, 6.45) is 0. The second-order valence-corrected chi connectivity index (χ2v) is 8.31. The Balaban J connectivity index is 1.39. The van der Waals surface area contributed by atoms with Crippen LogP contribution < -0.4 is 10.2 Å². The molecule has 0 unspecified atom stereocenters. The van der Waals surface area contributed by atoms with Crippen molar-refractivity contribution in [1.29, 1.82) is 0 Å². The number of anilines is 2. The molecule has 2 amide bonds. The van der Waals surface area contributed by atoms with Crippen LogP contribution in [0, 0.1) is 0 Å². The Morgan fingerprint density at radius 3 is 2.50 bits per heavy atom. The van der Waals surface area contributed by atoms with Crippen LogP contribution in [-0.2, 0) is 9.59 Å². The van der Waals surface area contributed by atoms with Crippen molar-refractivity contribution in [3.63, 3.8) is 0 Å². The van der Waals surface area contributed by atoms with Crippen LogP contribution in [0.2, 0.25) is 0 Å². The summed E-state index contributed by atoms with van der Waals surface area (Å²) in [5.74, 6) is 0.685. The van der Waals surface area contributed by atoms with Gasteiger partial charge in [-0.2, -0.15) is 0 Å². The van der Waals surface area contributed by atoms with Crippen LogP contribution in [0.3, 0.4) is 0 Å². The van der Waals surface area contributed by atoms with E-state index < -0.39 is 0 Å². The number of phenols is 1. The highest BCUT2D eigenvalue weighted by molar-refractivity contribution is 9.10. The summed E-state index contributed by atoms with van der Waals surface area (Å²) in [6, 6.07) is 14.6. The Labute approximate surface area is 177 Å². The molecule has 0 aliphatic carbocycles. The zero-order valence-electron chi connectivity index (χ0n) is 15.3. The van der Waals surface area contributed by atoms with E-state index in [0.717, 1.165) is 15.8 Å². The fourth-order valence-corrected chi connectivity index (χ4v) is 4.13. The van der Waals surface area contributed by atoms with E-state index in [9.17, 15) is 14.7 Å². The average Bonchev–Trinajstić information content (AvgIpc) is 2.68. The third kappa shape index (κ3) is 5.65. The number of nitrogens with one attached hydrogen (secondary N) is 1. The molecule has 148 valence electrons. The number of amides is 2. The summed E-state index contributed by atoms with van der Waals surface area (Å²) in [5, 5.41) is 12.8. The van der Waals surface area contributed by atoms with Gasteiger partial charge >= 0.3 is 0 Å². The molecule has 0 saturated carbocycles. The molecular weight excluding hydrogens is 442 g/mol. The minimum Gasteiger partial charge on any atom is -0.506 e. The number of hydrogen-bond acceptors (Lipinski definition) is 5. The first-order chi connectivity index (χ1) is 13.5. The van der Waals surface area contributed by atoms with Gasteiger partial charge in [0.15, 0.2) is 0 Å². The molecule has 1 aliphatic rings. The Morgan fingerprint density at radius 2 is 1.79 bits per heavy atom. The average molecular weight is 464 g/mol. The normalized spacial score (nSPS) is 14.0. The molecule has 0 atom stereocenters. The maximum absolute atomic E-state index is 12.4. The predicted molar refractivity (Wildman–Crippen MR) is 117 cm³/mol. The number of halogens is 1. The largest absolute Gasteiger partial charge is 0.506 e. The Bertz CT molecular complexity index is 841. The number of rotatable bonds is 6. The number of nitrogens with zero attached hydrogens (tertiary/aromatic N) is 2. The molecule has 8 heteroatoms. The third-order valence-corrected chi connectivity index (χ3v) is 5.83. The van der Waals surface area contributed by atoms with Crippen LogP contribution in [-0.4, -0.2) is 59.5 Å². The van der Waals surface area contributed by atoms with Crippen LogP contribution >= 0.6 is 27.7 Å². The second-order valence-electron chi connectivity index (χ2n) is 6.41. The number of carbonyl (C=O) groups is 2. The van der Waals surface area contributed by atoms with Crippen molar-refractivity contribution in [2.24, 2.45) is 0 Å². The SMILES string of the molecule is O=C(CSCC(=O)N1CCN(c2ccccc2O)CC1)Nc1cccc(Br)c1. The maximum Gasteiger partial charge on any atom is 0.234 e. The van der Waals surface area contributed by atoms with Gasteiger partial charge in [-0.3, -0.25) is 9.59 Å². The van der Waals surface area contributed by atoms with Gasteiger partial charge in [-0.15, -0.1) is 11.8 Å². The lowest BCUT2D eigenvalue weighted by Crippen LogP contribution is -2.49. The van der Waals surface area contributed by atoms with E-state index in [1.165, 1.54) is 11.8 Å². The van der Waals surface area contributed by atoms with Gasteiger partial charge in [-0.25, -0.2) is 0 Å². The van der Waals surface area contributed by atoms with E-state index in [1.54, 1.807) is 12.1 Å². The van der Waals surface area contributed by atoms with E-state index in [1.807, 2.05) is 41.3 Å². The summed E-state index contributed by atoms with van der Waals surface area (Å²) < 4.78 is 0.899. The molecule has 0 spiro atoms. The standard InChI is InChI=1S/C20H22BrN3O3S/c21-15-4-3-5-16(12-15)22-19(26)13-28-14-20(27)24-10-8-23(9-11-24)17-6-1-2-7-18(17)25/h1-7,12,25H,8-11,13-14H2,(H,22,26). The van der Waals surface area contributed by atoms with Crippen LogP contribution in [0.5, 0.6) is 5.75 Å². The van der Waals surface area contributed by atoms with Crippen LogP contribution in [0.15, 0.2) is 53.0 Å². The van der Waals surface area contributed by atoms with E-state index in [0.29, 0.717) is 26.2 Å². The molecule has 1 aliphatic heterocycles. The minimum atomic E-state index is -0.125. The first-order valence-electron chi connectivity index (χ1n) is 8.97. The number of aromatic hydroxyl groups is 1. The van der Waals surface area contributed by atoms with Gasteiger partial charge in [0.25, 0.3) is 0 Å². The molecule has 3 rings (SSSR count). The van der Waals surface area contributed by atoms with Crippen molar-refractivity contribution in [1.82, 2.24) is 4.90 Å². The van der Waals surface area contributed by atoms with Gasteiger partial charge in [0.1, 0.15) is 5.75 Å². The summed E-state index contributed by atoms with van der Waals surface area (Å²) in [6.45, 7) is 2.57. The summed E-state index contributed by atoms with van der Waals surface area (Å²) in [4.78, 5) is 28.3. The summed E-state index contributed by atoms with van der Waals surface area (Å²) in [5.41, 5.74) is 1.53. The number of carbonyl (C=O) groups excluding carboxylic acids is 2. The first kappa shape index (κ1) is 20.5. The van der Waals surface area contributed by atoms with Crippen molar-refractivity contribution in [3.05, 3.63) is 53.0 Å². The van der Waals surface area contributed by atoms with Gasteiger partial charge in [-0.05, 0) is 30.3 Å². The van der Waals surface area contributed by atoms with E-state index in [4.69, 9.17) is 0 Å². The lowest BCUT2D eigenvalue weighted by molar-refractivity contribution is -0.128. The highest BCUT2D eigenvalue weighted by Gasteiger charge is 2.22. The topological polar surface area (TPSA) is 72.9 Å². The molecule has 2 aromatic rings. The highest BCUT2D eigenvalue weighted by atomic mass is 79.9. The zero-order chi connectivity index (χ0) is 19.9.